The molecule has 0 aromatic heterocycles. The molecule has 1 aliphatic heterocycles. The summed E-state index contributed by atoms with van der Waals surface area (Å²) in [6.07, 6.45) is 1.21. The molecule has 1 saturated heterocycles. The molecular weight excluding hydrogens is 220 g/mol. The molecule has 3 unspecified atom stereocenters. The number of hydrogen-bond acceptors (Lipinski definition) is 4. The van der Waals surface area contributed by atoms with Crippen LogP contribution in [-0.2, 0) is 9.47 Å². The Hall–Kier alpha value is -0.160. The smallest absolute Gasteiger partial charge is 0.170 e. The van der Waals surface area contributed by atoms with Crippen molar-refractivity contribution in [3.63, 3.8) is 0 Å². The van der Waals surface area contributed by atoms with E-state index in [1.807, 2.05) is 13.8 Å². The minimum atomic E-state index is -0.884. The van der Waals surface area contributed by atoms with Crippen molar-refractivity contribution in [2.75, 3.05) is 13.2 Å². The van der Waals surface area contributed by atoms with Crippen LogP contribution in [0.5, 0.6) is 0 Å². The van der Waals surface area contributed by atoms with Gasteiger partial charge in [-0.15, -0.1) is 0 Å². The molecule has 102 valence electrons. The van der Waals surface area contributed by atoms with Gasteiger partial charge in [-0.1, -0.05) is 13.8 Å². The first-order valence-electron chi connectivity index (χ1n) is 6.50. The van der Waals surface area contributed by atoms with Crippen molar-refractivity contribution in [2.45, 2.75) is 64.4 Å². The van der Waals surface area contributed by atoms with Gasteiger partial charge in [-0.05, 0) is 26.7 Å². The summed E-state index contributed by atoms with van der Waals surface area (Å²) in [4.78, 5) is 0. The molecule has 4 nitrogen and oxygen atoms in total. The Balaban J connectivity index is 2.60. The first-order chi connectivity index (χ1) is 7.81. The summed E-state index contributed by atoms with van der Waals surface area (Å²) in [5.41, 5.74) is -0.884. The van der Waals surface area contributed by atoms with E-state index in [9.17, 15) is 10.2 Å². The zero-order chi connectivity index (χ0) is 13.1. The normalized spacial score (nSPS) is 26.5. The Labute approximate surface area is 104 Å². The molecule has 0 bridgehead atoms. The topological polar surface area (TPSA) is 58.9 Å². The molecule has 2 N–H and O–H groups in total. The lowest BCUT2D eigenvalue weighted by Crippen LogP contribution is -2.42. The average molecular weight is 246 g/mol. The van der Waals surface area contributed by atoms with E-state index >= 15 is 0 Å². The van der Waals surface area contributed by atoms with Gasteiger partial charge in [0.2, 0.25) is 0 Å². The molecule has 0 aromatic rings. The van der Waals surface area contributed by atoms with Crippen molar-refractivity contribution in [3.05, 3.63) is 0 Å². The number of hydrogen-bond donors (Lipinski definition) is 2. The summed E-state index contributed by atoms with van der Waals surface area (Å²) in [5.74, 6) is -0.452. The first kappa shape index (κ1) is 14.9. The highest BCUT2D eigenvalue weighted by Gasteiger charge is 2.43. The van der Waals surface area contributed by atoms with Crippen LogP contribution in [0.2, 0.25) is 0 Å². The summed E-state index contributed by atoms with van der Waals surface area (Å²) in [7, 11) is 0. The number of ether oxygens (including phenoxy) is 2. The molecule has 0 spiro atoms. The van der Waals surface area contributed by atoms with Crippen molar-refractivity contribution in [2.24, 2.45) is 5.92 Å². The Morgan fingerprint density at radius 2 is 1.76 bits per heavy atom. The standard InChI is InChI=1S/C13H26O4/c1-5-13(16-6-7-17-13)10(2)8-12(4,15)9-11(3)14/h10-11,14-15H,5-9H2,1-4H3. The van der Waals surface area contributed by atoms with Crippen LogP contribution in [0.4, 0.5) is 0 Å². The zero-order valence-electron chi connectivity index (χ0n) is 11.4. The van der Waals surface area contributed by atoms with Crippen molar-refractivity contribution in [1.29, 1.82) is 0 Å². The van der Waals surface area contributed by atoms with Gasteiger partial charge in [0, 0.05) is 12.3 Å². The molecule has 0 aliphatic carbocycles. The summed E-state index contributed by atoms with van der Waals surface area (Å²) >= 11 is 0. The van der Waals surface area contributed by atoms with Crippen LogP contribution in [0.15, 0.2) is 0 Å². The predicted molar refractivity (Wildman–Crippen MR) is 65.6 cm³/mol. The van der Waals surface area contributed by atoms with Crippen LogP contribution in [-0.4, -0.2) is 40.9 Å². The van der Waals surface area contributed by atoms with Crippen LogP contribution < -0.4 is 0 Å². The molecule has 1 heterocycles. The van der Waals surface area contributed by atoms with E-state index in [1.165, 1.54) is 0 Å². The Morgan fingerprint density at radius 1 is 1.24 bits per heavy atom. The molecule has 1 aliphatic rings. The monoisotopic (exact) mass is 246 g/mol. The highest BCUT2D eigenvalue weighted by Crippen LogP contribution is 2.37. The second-order valence-corrected chi connectivity index (χ2v) is 5.52. The molecule has 0 saturated carbocycles. The van der Waals surface area contributed by atoms with Crippen LogP contribution >= 0.6 is 0 Å². The van der Waals surface area contributed by atoms with E-state index in [4.69, 9.17) is 9.47 Å². The van der Waals surface area contributed by atoms with E-state index in [0.717, 1.165) is 6.42 Å². The maximum Gasteiger partial charge on any atom is 0.170 e. The second-order valence-electron chi connectivity index (χ2n) is 5.52. The molecule has 3 atom stereocenters. The van der Waals surface area contributed by atoms with Gasteiger partial charge in [0.15, 0.2) is 5.79 Å². The molecule has 4 heteroatoms. The maximum atomic E-state index is 10.3. The van der Waals surface area contributed by atoms with Crippen LogP contribution in [0.25, 0.3) is 0 Å². The van der Waals surface area contributed by atoms with Crippen molar-refractivity contribution < 1.29 is 19.7 Å². The third kappa shape index (κ3) is 3.91. The van der Waals surface area contributed by atoms with Crippen LogP contribution in [0.3, 0.4) is 0 Å². The molecule has 0 aromatic carbocycles. The maximum absolute atomic E-state index is 10.3. The van der Waals surface area contributed by atoms with Crippen LogP contribution in [0, 0.1) is 5.92 Å². The third-order valence-electron chi connectivity index (χ3n) is 3.50. The number of rotatable bonds is 6. The summed E-state index contributed by atoms with van der Waals surface area (Å²) in [6.45, 7) is 8.76. The summed E-state index contributed by atoms with van der Waals surface area (Å²) in [5, 5.41) is 19.6. The van der Waals surface area contributed by atoms with Gasteiger partial charge in [0.25, 0.3) is 0 Å². The number of aliphatic hydroxyl groups is 2. The lowest BCUT2D eigenvalue weighted by molar-refractivity contribution is -0.204. The van der Waals surface area contributed by atoms with Gasteiger partial charge >= 0.3 is 0 Å². The zero-order valence-corrected chi connectivity index (χ0v) is 11.4. The van der Waals surface area contributed by atoms with Gasteiger partial charge in [0.05, 0.1) is 24.9 Å². The fourth-order valence-corrected chi connectivity index (χ4v) is 2.84. The molecule has 0 radical (unpaired) electrons. The van der Waals surface area contributed by atoms with E-state index in [0.29, 0.717) is 26.1 Å². The fraction of sp³-hybridized carbons (Fsp3) is 1.00. The highest BCUT2D eigenvalue weighted by molar-refractivity contribution is 4.86. The van der Waals surface area contributed by atoms with Crippen molar-refractivity contribution >= 4 is 0 Å². The van der Waals surface area contributed by atoms with Gasteiger partial charge in [0.1, 0.15) is 0 Å². The minimum Gasteiger partial charge on any atom is -0.393 e. The quantitative estimate of drug-likeness (QED) is 0.748. The van der Waals surface area contributed by atoms with E-state index in [2.05, 4.69) is 0 Å². The van der Waals surface area contributed by atoms with Crippen molar-refractivity contribution in [1.82, 2.24) is 0 Å². The van der Waals surface area contributed by atoms with Crippen molar-refractivity contribution in [3.8, 4) is 0 Å². The second kappa shape index (κ2) is 5.65. The average Bonchev–Trinajstić information content (AvgIpc) is 2.63. The van der Waals surface area contributed by atoms with Crippen LogP contribution in [0.1, 0.15) is 47.0 Å². The fourth-order valence-electron chi connectivity index (χ4n) is 2.84. The minimum absolute atomic E-state index is 0.101. The largest absolute Gasteiger partial charge is 0.393 e. The number of aliphatic hydroxyl groups excluding tert-OH is 1. The lowest BCUT2D eigenvalue weighted by atomic mass is 9.83. The van der Waals surface area contributed by atoms with E-state index < -0.39 is 17.5 Å². The highest BCUT2D eigenvalue weighted by atomic mass is 16.7. The summed E-state index contributed by atoms with van der Waals surface area (Å²) in [6, 6.07) is 0. The molecule has 1 fully saturated rings. The van der Waals surface area contributed by atoms with E-state index in [-0.39, 0.29) is 5.92 Å². The molecule has 17 heavy (non-hydrogen) atoms. The molecule has 0 amide bonds. The Morgan fingerprint density at radius 3 is 2.18 bits per heavy atom. The van der Waals surface area contributed by atoms with Gasteiger partial charge in [-0.3, -0.25) is 0 Å². The van der Waals surface area contributed by atoms with Gasteiger partial charge < -0.3 is 19.7 Å². The summed E-state index contributed by atoms with van der Waals surface area (Å²) < 4.78 is 11.4. The van der Waals surface area contributed by atoms with E-state index in [1.54, 1.807) is 13.8 Å². The Kier molecular flexibility index (Phi) is 4.95. The SMILES string of the molecule is CCC1(C(C)CC(C)(O)CC(C)O)OCCO1. The third-order valence-corrected chi connectivity index (χ3v) is 3.50. The first-order valence-corrected chi connectivity index (χ1v) is 6.50. The molecular formula is C13H26O4. The van der Waals surface area contributed by atoms with Gasteiger partial charge in [-0.2, -0.15) is 0 Å². The lowest BCUT2D eigenvalue weighted by Gasteiger charge is -2.37. The predicted octanol–water partition coefficient (Wildman–Crippen LogP) is 1.69. The van der Waals surface area contributed by atoms with Gasteiger partial charge in [-0.25, -0.2) is 0 Å². The molecule has 1 rings (SSSR count). The Bertz CT molecular complexity index is 232.